The molecule has 0 spiro atoms. The van der Waals surface area contributed by atoms with Crippen LogP contribution >= 0.6 is 0 Å². The molecule has 0 saturated carbocycles. The minimum Gasteiger partial charge on any atom is -0.319 e. The van der Waals surface area contributed by atoms with Gasteiger partial charge in [0, 0.05) is 0 Å². The minimum atomic E-state index is -1.03. The van der Waals surface area contributed by atoms with Gasteiger partial charge in [-0.1, -0.05) is 67.6 Å². The Morgan fingerprint density at radius 2 is 0.898 bits per heavy atom. The van der Waals surface area contributed by atoms with Crippen LogP contribution in [-0.2, 0) is 17.6 Å². The number of alkyl halides is 4. The van der Waals surface area contributed by atoms with Crippen molar-refractivity contribution in [3.8, 4) is 22.3 Å². The minimum absolute atomic E-state index is 0.0386. The number of unbranched alkanes of at least 4 members (excludes halogenated alkanes) is 6. The van der Waals surface area contributed by atoms with Crippen LogP contribution in [0.5, 0.6) is 0 Å². The van der Waals surface area contributed by atoms with Gasteiger partial charge in [-0.2, -0.15) is 0 Å². The Hall–Kier alpha value is -3.79. The van der Waals surface area contributed by atoms with Gasteiger partial charge in [0.15, 0.2) is 13.7 Å². The van der Waals surface area contributed by atoms with Crippen LogP contribution in [-0.4, -0.2) is 27.1 Å². The molecule has 4 rings (SSSR count). The smallest absolute Gasteiger partial charge is 0.191 e. The lowest BCUT2D eigenvalue weighted by Crippen LogP contribution is -1.96. The molecular formula is C39H43F9O. The second kappa shape index (κ2) is 23.5. The maximum absolute atomic E-state index is 14.3. The highest BCUT2D eigenvalue weighted by Crippen LogP contribution is 2.29. The molecule has 268 valence electrons. The molecule has 0 N–H and O–H groups in total. The molecule has 0 unspecified atom stereocenters. The third-order valence-electron chi connectivity index (χ3n) is 7.51. The van der Waals surface area contributed by atoms with Gasteiger partial charge in [0.2, 0.25) is 0 Å². The van der Waals surface area contributed by atoms with Crippen molar-refractivity contribution >= 4 is 0 Å². The summed E-state index contributed by atoms with van der Waals surface area (Å²) in [5.41, 5.74) is 2.82. The molecule has 0 aliphatic rings. The monoisotopic (exact) mass is 698 g/mol. The van der Waals surface area contributed by atoms with Crippen molar-refractivity contribution in [1.29, 1.82) is 0 Å². The van der Waals surface area contributed by atoms with E-state index < -0.39 is 42.8 Å². The molecular weight excluding hydrogens is 655 g/mol. The molecule has 49 heavy (non-hydrogen) atoms. The van der Waals surface area contributed by atoms with Gasteiger partial charge in [0.1, 0.15) is 29.1 Å². The van der Waals surface area contributed by atoms with E-state index in [1.54, 1.807) is 12.1 Å². The van der Waals surface area contributed by atoms with Gasteiger partial charge in [0.05, 0.1) is 24.5 Å². The van der Waals surface area contributed by atoms with Gasteiger partial charge in [-0.25, -0.2) is 30.7 Å². The summed E-state index contributed by atoms with van der Waals surface area (Å²) in [6.45, 7) is -0.766. The fourth-order valence-corrected chi connectivity index (χ4v) is 5.04. The zero-order valence-corrected chi connectivity index (χ0v) is 27.6. The van der Waals surface area contributed by atoms with Crippen LogP contribution in [0, 0.1) is 36.0 Å². The topological polar surface area (TPSA) is 9.23 Å². The number of rotatable bonds is 16. The molecule has 0 bridgehead atoms. The van der Waals surface area contributed by atoms with Crippen molar-refractivity contribution in [2.75, 3.05) is 27.1 Å². The molecule has 0 radical (unpaired) electrons. The van der Waals surface area contributed by atoms with Crippen LogP contribution in [0.15, 0.2) is 72.8 Å². The van der Waals surface area contributed by atoms with E-state index in [1.807, 2.05) is 19.1 Å². The molecule has 10 heteroatoms. The van der Waals surface area contributed by atoms with E-state index in [0.717, 1.165) is 37.3 Å². The second-order valence-electron chi connectivity index (χ2n) is 11.4. The molecule has 1 nitrogen and oxygen atoms in total. The summed E-state index contributed by atoms with van der Waals surface area (Å²) < 4.78 is 118. The van der Waals surface area contributed by atoms with E-state index in [0.29, 0.717) is 55.2 Å². The highest BCUT2D eigenvalue weighted by molar-refractivity contribution is 5.66. The van der Waals surface area contributed by atoms with Crippen LogP contribution in [0.2, 0.25) is 0 Å². The molecule has 0 atom stereocenters. The number of hydrogen-bond acceptors (Lipinski definition) is 1. The standard InChI is InChI=1S/C20H23F3.C17H16F4.C2H4F2O/c1-15-8-10-17(11-9-15)20-18(22)13-16(14-19(20)23)7-5-3-2-4-6-12-21;18-8-3-1-2-5-12-9-15(20)17(16(21)10-12)13-6-4-7-14(19)11-13;3-1-5-2-4/h8-11,13-14H,2-7,12H2,1H3;4,6-7,9-11H,1-3,5,8H2;1-2H2. The fourth-order valence-electron chi connectivity index (χ4n) is 5.04. The summed E-state index contributed by atoms with van der Waals surface area (Å²) in [5, 5.41) is 0. The molecule has 4 aromatic carbocycles. The van der Waals surface area contributed by atoms with E-state index in [1.165, 1.54) is 42.5 Å². The fraction of sp³-hybridized carbons (Fsp3) is 0.385. The van der Waals surface area contributed by atoms with Crippen LogP contribution in [0.4, 0.5) is 39.5 Å². The lowest BCUT2D eigenvalue weighted by molar-refractivity contribution is 0.00298. The first-order chi connectivity index (χ1) is 23.6. The maximum Gasteiger partial charge on any atom is 0.191 e. The first-order valence-electron chi connectivity index (χ1n) is 16.3. The molecule has 0 aromatic heterocycles. The SMILES string of the molecule is Cc1ccc(-c2c(F)cc(CCCCCCCF)cc2F)cc1.FCCCCCc1cc(F)c(-c2cccc(F)c2)c(F)c1.FCOCF. The predicted octanol–water partition coefficient (Wildman–Crippen LogP) is 12.7. The van der Waals surface area contributed by atoms with E-state index in [-0.39, 0.29) is 30.0 Å². The number of aryl methyl sites for hydroxylation is 3. The third kappa shape index (κ3) is 15.1. The Morgan fingerprint density at radius 1 is 0.469 bits per heavy atom. The summed E-state index contributed by atoms with van der Waals surface area (Å²) in [5.74, 6) is -2.98. The van der Waals surface area contributed by atoms with Crippen molar-refractivity contribution in [1.82, 2.24) is 0 Å². The van der Waals surface area contributed by atoms with E-state index in [9.17, 15) is 39.5 Å². The Balaban J connectivity index is 0.000000300. The molecule has 0 amide bonds. The predicted molar refractivity (Wildman–Crippen MR) is 178 cm³/mol. The lowest BCUT2D eigenvalue weighted by atomic mass is 9.99. The first kappa shape index (κ1) is 41.4. The van der Waals surface area contributed by atoms with E-state index in [4.69, 9.17) is 0 Å². The molecule has 0 saturated heterocycles. The zero-order valence-electron chi connectivity index (χ0n) is 27.6. The average molecular weight is 699 g/mol. The van der Waals surface area contributed by atoms with Crippen LogP contribution in [0.3, 0.4) is 0 Å². The second-order valence-corrected chi connectivity index (χ2v) is 11.4. The van der Waals surface area contributed by atoms with Gasteiger partial charge >= 0.3 is 0 Å². The van der Waals surface area contributed by atoms with Gasteiger partial charge in [-0.05, 0) is 104 Å². The summed E-state index contributed by atoms with van der Waals surface area (Å²) in [7, 11) is 0. The molecule has 0 fully saturated rings. The van der Waals surface area contributed by atoms with Crippen molar-refractivity contribution in [3.05, 3.63) is 119 Å². The largest absolute Gasteiger partial charge is 0.319 e. The summed E-state index contributed by atoms with van der Waals surface area (Å²) in [6, 6.07) is 17.7. The Morgan fingerprint density at radius 3 is 1.33 bits per heavy atom. The number of hydrogen-bond donors (Lipinski definition) is 0. The van der Waals surface area contributed by atoms with E-state index in [2.05, 4.69) is 4.74 Å². The Kier molecular flexibility index (Phi) is 19.9. The molecule has 0 aliphatic heterocycles. The molecule has 0 aliphatic carbocycles. The van der Waals surface area contributed by atoms with Crippen LogP contribution in [0.25, 0.3) is 22.3 Å². The number of halogens is 9. The van der Waals surface area contributed by atoms with Gasteiger partial charge in [-0.15, -0.1) is 0 Å². The van der Waals surface area contributed by atoms with Crippen molar-refractivity contribution in [2.24, 2.45) is 0 Å². The van der Waals surface area contributed by atoms with Crippen LogP contribution in [0.1, 0.15) is 68.1 Å². The highest BCUT2D eigenvalue weighted by Gasteiger charge is 2.15. The van der Waals surface area contributed by atoms with Crippen LogP contribution < -0.4 is 0 Å². The van der Waals surface area contributed by atoms with Gasteiger partial charge in [-0.3, -0.25) is 8.78 Å². The lowest BCUT2D eigenvalue weighted by Gasteiger charge is -2.09. The van der Waals surface area contributed by atoms with E-state index >= 15 is 0 Å². The molecule has 0 heterocycles. The number of benzene rings is 4. The summed E-state index contributed by atoms with van der Waals surface area (Å²) in [4.78, 5) is 0. The van der Waals surface area contributed by atoms with Gasteiger partial charge < -0.3 is 4.74 Å². The molecule has 4 aromatic rings. The average Bonchev–Trinajstić information content (AvgIpc) is 3.06. The van der Waals surface area contributed by atoms with Crippen molar-refractivity contribution < 1.29 is 44.3 Å². The summed E-state index contributed by atoms with van der Waals surface area (Å²) in [6.07, 6.45) is 7.27. The Labute approximate surface area is 283 Å². The number of ether oxygens (including phenoxy) is 1. The van der Waals surface area contributed by atoms with Crippen molar-refractivity contribution in [2.45, 2.75) is 71.1 Å². The van der Waals surface area contributed by atoms with Crippen molar-refractivity contribution in [3.63, 3.8) is 0 Å². The first-order valence-corrected chi connectivity index (χ1v) is 16.3. The quantitative estimate of drug-likeness (QED) is 0.0836. The third-order valence-corrected chi connectivity index (χ3v) is 7.51. The normalized spacial score (nSPS) is 10.7. The Bertz CT molecular complexity index is 1460. The summed E-state index contributed by atoms with van der Waals surface area (Å²) >= 11 is 0. The highest BCUT2D eigenvalue weighted by atomic mass is 19.2. The van der Waals surface area contributed by atoms with Gasteiger partial charge in [0.25, 0.3) is 0 Å². The zero-order chi connectivity index (χ0) is 36.0. The maximum atomic E-state index is 14.3.